The number of hydrogen-bond donors (Lipinski definition) is 1. The number of furan rings is 1. The van der Waals surface area contributed by atoms with Crippen LogP contribution < -0.4 is 5.32 Å². The van der Waals surface area contributed by atoms with Gasteiger partial charge in [-0.15, -0.1) is 0 Å². The van der Waals surface area contributed by atoms with Crippen molar-refractivity contribution in [3.63, 3.8) is 0 Å². The minimum absolute atomic E-state index is 0.215. The lowest BCUT2D eigenvalue weighted by molar-refractivity contribution is -0.139. The van der Waals surface area contributed by atoms with Gasteiger partial charge in [-0.1, -0.05) is 26.2 Å². The van der Waals surface area contributed by atoms with Crippen molar-refractivity contribution in [2.45, 2.75) is 51.7 Å². The molecule has 3 rings (SSSR count). The highest BCUT2D eigenvalue weighted by molar-refractivity contribution is 5.59. The van der Waals surface area contributed by atoms with Gasteiger partial charge >= 0.3 is 6.18 Å². The maximum atomic E-state index is 13.4. The Bertz CT molecular complexity index is 753. The molecule has 1 unspecified atom stereocenters. The lowest BCUT2D eigenvalue weighted by Crippen LogP contribution is -2.22. The fraction of sp³-hybridized carbons (Fsp3) is 0.524. The molecule has 1 aromatic carbocycles. The van der Waals surface area contributed by atoms with Crippen LogP contribution in [0.4, 0.5) is 17.6 Å². The normalized spacial score (nSPS) is 21.2. The molecule has 0 spiro atoms. The fourth-order valence-electron chi connectivity index (χ4n) is 3.69. The summed E-state index contributed by atoms with van der Waals surface area (Å²) in [5.74, 6) is 1.15. The third kappa shape index (κ3) is 5.34. The molecule has 2 aromatic rings. The zero-order valence-corrected chi connectivity index (χ0v) is 15.4. The average Bonchev–Trinajstić information content (AvgIpc) is 2.97. The maximum Gasteiger partial charge on any atom is 0.419 e. The lowest BCUT2D eigenvalue weighted by Gasteiger charge is -2.14. The van der Waals surface area contributed by atoms with Crippen molar-refractivity contribution in [3.8, 4) is 11.3 Å². The average molecular weight is 383 g/mol. The molecule has 1 aliphatic carbocycles. The Morgan fingerprint density at radius 2 is 1.89 bits per heavy atom. The Hall–Kier alpha value is -1.82. The van der Waals surface area contributed by atoms with Crippen molar-refractivity contribution >= 4 is 0 Å². The molecule has 27 heavy (non-hydrogen) atoms. The van der Waals surface area contributed by atoms with Crippen LogP contribution in [-0.4, -0.2) is 6.54 Å². The predicted molar refractivity (Wildman–Crippen MR) is 96.5 cm³/mol. The molecule has 0 amide bonds. The van der Waals surface area contributed by atoms with Crippen LogP contribution in [0.5, 0.6) is 0 Å². The Morgan fingerprint density at radius 3 is 2.67 bits per heavy atom. The van der Waals surface area contributed by atoms with Gasteiger partial charge in [-0.05, 0) is 61.6 Å². The second kappa shape index (κ2) is 8.46. The topological polar surface area (TPSA) is 25.2 Å². The quantitative estimate of drug-likeness (QED) is 0.477. The summed E-state index contributed by atoms with van der Waals surface area (Å²) in [6.45, 7) is 3.75. The highest BCUT2D eigenvalue weighted by Gasteiger charge is 2.34. The van der Waals surface area contributed by atoms with E-state index in [1.54, 1.807) is 12.1 Å². The molecular weight excluding hydrogens is 358 g/mol. The van der Waals surface area contributed by atoms with E-state index in [1.807, 2.05) is 0 Å². The van der Waals surface area contributed by atoms with Crippen molar-refractivity contribution in [1.82, 2.24) is 5.32 Å². The monoisotopic (exact) mass is 383 g/mol. The van der Waals surface area contributed by atoms with Crippen molar-refractivity contribution in [2.24, 2.45) is 11.8 Å². The van der Waals surface area contributed by atoms with Crippen molar-refractivity contribution < 1.29 is 22.0 Å². The number of rotatable bonds is 5. The molecule has 0 radical (unpaired) electrons. The predicted octanol–water partition coefficient (Wildman–Crippen LogP) is 6.41. The zero-order chi connectivity index (χ0) is 19.4. The van der Waals surface area contributed by atoms with Crippen LogP contribution in [0.2, 0.25) is 0 Å². The fourth-order valence-corrected chi connectivity index (χ4v) is 3.69. The first-order valence-corrected chi connectivity index (χ1v) is 9.49. The second-order valence-corrected chi connectivity index (χ2v) is 7.57. The second-order valence-electron chi connectivity index (χ2n) is 7.57. The number of hydrogen-bond acceptors (Lipinski definition) is 2. The molecule has 2 nitrogen and oxygen atoms in total. The molecule has 0 saturated heterocycles. The minimum atomic E-state index is -4.73. The third-order valence-electron chi connectivity index (χ3n) is 5.33. The van der Waals surface area contributed by atoms with Gasteiger partial charge in [0.25, 0.3) is 0 Å². The SMILES string of the molecule is C[C@H]1CCCC(CNCc2ccc(-c3ccc(F)c(C(F)(F)F)c3)o2)CC1. The van der Waals surface area contributed by atoms with E-state index in [0.29, 0.717) is 24.0 Å². The van der Waals surface area contributed by atoms with Gasteiger partial charge in [0.05, 0.1) is 12.1 Å². The van der Waals surface area contributed by atoms with Gasteiger partial charge in [0.15, 0.2) is 0 Å². The summed E-state index contributed by atoms with van der Waals surface area (Å²) in [6.07, 6.45) is 1.57. The van der Waals surface area contributed by atoms with Crippen LogP contribution in [0.15, 0.2) is 34.7 Å². The third-order valence-corrected chi connectivity index (χ3v) is 5.33. The number of alkyl halides is 3. The van der Waals surface area contributed by atoms with Gasteiger partial charge < -0.3 is 9.73 Å². The zero-order valence-electron chi connectivity index (χ0n) is 15.4. The van der Waals surface area contributed by atoms with E-state index >= 15 is 0 Å². The van der Waals surface area contributed by atoms with E-state index in [0.717, 1.165) is 24.6 Å². The van der Waals surface area contributed by atoms with Gasteiger partial charge in [-0.3, -0.25) is 0 Å². The van der Waals surface area contributed by atoms with E-state index in [9.17, 15) is 17.6 Å². The van der Waals surface area contributed by atoms with E-state index in [-0.39, 0.29) is 5.56 Å². The Balaban J connectivity index is 1.59. The van der Waals surface area contributed by atoms with Gasteiger partial charge in [-0.25, -0.2) is 4.39 Å². The number of nitrogens with one attached hydrogen (secondary N) is 1. The van der Waals surface area contributed by atoms with Crippen molar-refractivity contribution in [1.29, 1.82) is 0 Å². The molecule has 2 atom stereocenters. The molecular formula is C21H25F4NO. The lowest BCUT2D eigenvalue weighted by atomic mass is 9.99. The molecule has 1 aromatic heterocycles. The molecule has 148 valence electrons. The molecule has 1 N–H and O–H groups in total. The first-order valence-electron chi connectivity index (χ1n) is 9.49. The summed E-state index contributed by atoms with van der Waals surface area (Å²) >= 11 is 0. The molecule has 1 heterocycles. The Kier molecular flexibility index (Phi) is 6.25. The summed E-state index contributed by atoms with van der Waals surface area (Å²) in [4.78, 5) is 0. The van der Waals surface area contributed by atoms with E-state index < -0.39 is 17.6 Å². The van der Waals surface area contributed by atoms with Crippen LogP contribution >= 0.6 is 0 Å². The smallest absolute Gasteiger partial charge is 0.419 e. The first-order chi connectivity index (χ1) is 12.8. The number of halogens is 4. The summed E-state index contributed by atoms with van der Waals surface area (Å²) in [6, 6.07) is 6.28. The van der Waals surface area contributed by atoms with Crippen LogP contribution in [0.1, 0.15) is 50.4 Å². The van der Waals surface area contributed by atoms with Crippen LogP contribution in [0, 0.1) is 17.7 Å². The van der Waals surface area contributed by atoms with Crippen molar-refractivity contribution in [2.75, 3.05) is 6.54 Å². The molecule has 1 fully saturated rings. The van der Waals surface area contributed by atoms with Gasteiger partial charge in [0.2, 0.25) is 0 Å². The standard InChI is InChI=1S/C21H25F4NO/c1-14-3-2-4-15(6-5-14)12-26-13-17-8-10-20(27-17)16-7-9-19(22)18(11-16)21(23,24)25/h7-11,14-15,26H,2-6,12-13H2,1H3/t14-,15?/m0/s1. The van der Waals surface area contributed by atoms with Crippen molar-refractivity contribution in [3.05, 3.63) is 47.5 Å². The molecule has 0 aliphatic heterocycles. The summed E-state index contributed by atoms with van der Waals surface area (Å²) in [5.41, 5.74) is -1.06. The van der Waals surface area contributed by atoms with Gasteiger partial charge in [-0.2, -0.15) is 13.2 Å². The summed E-state index contributed by atoms with van der Waals surface area (Å²) in [7, 11) is 0. The first kappa shape index (κ1) is 19.9. The van der Waals surface area contributed by atoms with E-state index in [1.165, 1.54) is 38.2 Å². The largest absolute Gasteiger partial charge is 0.460 e. The highest BCUT2D eigenvalue weighted by atomic mass is 19.4. The Morgan fingerprint density at radius 1 is 1.07 bits per heavy atom. The van der Waals surface area contributed by atoms with Crippen LogP contribution in [0.3, 0.4) is 0 Å². The minimum Gasteiger partial charge on any atom is -0.460 e. The van der Waals surface area contributed by atoms with Gasteiger partial charge in [0.1, 0.15) is 17.3 Å². The molecule has 6 heteroatoms. The van der Waals surface area contributed by atoms with Gasteiger partial charge in [0, 0.05) is 5.56 Å². The molecule has 1 saturated carbocycles. The molecule has 1 aliphatic rings. The van der Waals surface area contributed by atoms with E-state index in [2.05, 4.69) is 12.2 Å². The molecule has 0 bridgehead atoms. The Labute approximate surface area is 157 Å². The van der Waals surface area contributed by atoms with Crippen LogP contribution in [0.25, 0.3) is 11.3 Å². The van der Waals surface area contributed by atoms with E-state index in [4.69, 9.17) is 4.42 Å². The van der Waals surface area contributed by atoms with Crippen LogP contribution in [-0.2, 0) is 12.7 Å². The maximum absolute atomic E-state index is 13.4. The number of benzene rings is 1. The summed E-state index contributed by atoms with van der Waals surface area (Å²) < 4.78 is 57.7. The summed E-state index contributed by atoms with van der Waals surface area (Å²) in [5, 5.41) is 3.39. The highest BCUT2D eigenvalue weighted by Crippen LogP contribution is 2.34.